The quantitative estimate of drug-likeness (QED) is 0.815. The van der Waals surface area contributed by atoms with E-state index in [0.29, 0.717) is 30.5 Å². The first-order valence-corrected chi connectivity index (χ1v) is 9.16. The average Bonchev–Trinajstić information content (AvgIpc) is 2.91. The standard InChI is InChI=1S/C18H34N2O3/c1-13(14-8-10-22-11-9-14)20-16-7-5-6-15(16)12-19-17(21)23-18(2,3)4/h13-16,20H,5-12H2,1-4H3,(H,19,21)/t13-,15+,16+/m0/s1. The van der Waals surface area contributed by atoms with Gasteiger partial charge >= 0.3 is 6.09 Å². The highest BCUT2D eigenvalue weighted by atomic mass is 16.6. The number of carbonyl (C=O) groups excluding carboxylic acids is 1. The first-order chi connectivity index (χ1) is 10.8. The molecule has 0 radical (unpaired) electrons. The highest BCUT2D eigenvalue weighted by Gasteiger charge is 2.31. The van der Waals surface area contributed by atoms with Crippen LogP contribution in [0.2, 0.25) is 0 Å². The predicted molar refractivity (Wildman–Crippen MR) is 91.5 cm³/mol. The van der Waals surface area contributed by atoms with Crippen LogP contribution in [0.3, 0.4) is 0 Å². The van der Waals surface area contributed by atoms with Gasteiger partial charge in [-0.25, -0.2) is 4.79 Å². The summed E-state index contributed by atoms with van der Waals surface area (Å²) in [6.45, 7) is 10.5. The summed E-state index contributed by atoms with van der Waals surface area (Å²) in [6, 6.07) is 1.02. The molecule has 0 aromatic heterocycles. The molecule has 0 bridgehead atoms. The summed E-state index contributed by atoms with van der Waals surface area (Å²) in [7, 11) is 0. The molecule has 3 atom stereocenters. The first-order valence-electron chi connectivity index (χ1n) is 9.16. The molecule has 1 saturated heterocycles. The largest absolute Gasteiger partial charge is 0.444 e. The van der Waals surface area contributed by atoms with Gasteiger partial charge in [0.25, 0.3) is 0 Å². The Kier molecular flexibility index (Phi) is 6.72. The highest BCUT2D eigenvalue weighted by Crippen LogP contribution is 2.27. The van der Waals surface area contributed by atoms with E-state index < -0.39 is 5.60 Å². The maximum absolute atomic E-state index is 11.8. The molecule has 5 nitrogen and oxygen atoms in total. The van der Waals surface area contributed by atoms with Crippen molar-refractivity contribution in [3.8, 4) is 0 Å². The molecule has 2 fully saturated rings. The Morgan fingerprint density at radius 1 is 1.22 bits per heavy atom. The van der Waals surface area contributed by atoms with E-state index in [9.17, 15) is 4.79 Å². The van der Waals surface area contributed by atoms with E-state index in [-0.39, 0.29) is 6.09 Å². The number of amides is 1. The Hall–Kier alpha value is -0.810. The monoisotopic (exact) mass is 326 g/mol. The second kappa shape index (κ2) is 8.34. The molecule has 5 heteroatoms. The number of rotatable bonds is 5. The van der Waals surface area contributed by atoms with E-state index >= 15 is 0 Å². The molecule has 0 spiro atoms. The van der Waals surface area contributed by atoms with Gasteiger partial charge in [0, 0.05) is 31.8 Å². The van der Waals surface area contributed by atoms with E-state index in [0.717, 1.165) is 26.1 Å². The summed E-state index contributed by atoms with van der Waals surface area (Å²) in [5, 5.41) is 6.77. The summed E-state index contributed by atoms with van der Waals surface area (Å²) >= 11 is 0. The van der Waals surface area contributed by atoms with Crippen molar-refractivity contribution in [2.75, 3.05) is 19.8 Å². The lowest BCUT2D eigenvalue weighted by molar-refractivity contribution is 0.0499. The fraction of sp³-hybridized carbons (Fsp3) is 0.944. The van der Waals surface area contributed by atoms with Crippen molar-refractivity contribution in [1.82, 2.24) is 10.6 Å². The Balaban J connectivity index is 1.75. The van der Waals surface area contributed by atoms with Crippen LogP contribution in [0.15, 0.2) is 0 Å². The van der Waals surface area contributed by atoms with Crippen molar-refractivity contribution < 1.29 is 14.3 Å². The number of ether oxygens (including phenoxy) is 2. The lowest BCUT2D eigenvalue weighted by Gasteiger charge is -2.32. The molecule has 1 heterocycles. The number of alkyl carbamates (subject to hydrolysis) is 1. The predicted octanol–water partition coefficient (Wildman–Crippen LogP) is 3.08. The first kappa shape index (κ1) is 18.5. The maximum Gasteiger partial charge on any atom is 0.407 e. The van der Waals surface area contributed by atoms with Crippen molar-refractivity contribution in [2.24, 2.45) is 11.8 Å². The van der Waals surface area contributed by atoms with Crippen LogP contribution in [0.5, 0.6) is 0 Å². The molecule has 23 heavy (non-hydrogen) atoms. The molecular weight excluding hydrogens is 292 g/mol. The zero-order valence-corrected chi connectivity index (χ0v) is 15.2. The normalized spacial score (nSPS) is 27.7. The van der Waals surface area contributed by atoms with Crippen LogP contribution in [-0.4, -0.2) is 43.5 Å². The molecule has 2 rings (SSSR count). The SMILES string of the molecule is C[C@H](N[C@@H]1CCC[C@@H]1CNC(=O)OC(C)(C)C)C1CCOCC1. The van der Waals surface area contributed by atoms with Crippen molar-refractivity contribution in [2.45, 2.75) is 77.5 Å². The minimum absolute atomic E-state index is 0.305. The average molecular weight is 326 g/mol. The molecule has 0 aromatic carbocycles. The van der Waals surface area contributed by atoms with Gasteiger partial charge in [-0.1, -0.05) is 6.42 Å². The number of carbonyl (C=O) groups is 1. The van der Waals surface area contributed by atoms with Gasteiger partial charge in [-0.15, -0.1) is 0 Å². The van der Waals surface area contributed by atoms with E-state index in [1.165, 1.54) is 19.3 Å². The smallest absolute Gasteiger partial charge is 0.407 e. The van der Waals surface area contributed by atoms with E-state index in [2.05, 4.69) is 17.6 Å². The molecule has 1 aliphatic carbocycles. The minimum Gasteiger partial charge on any atom is -0.444 e. The zero-order chi connectivity index (χ0) is 16.9. The Labute approximate surface area is 140 Å². The molecule has 1 saturated carbocycles. The Morgan fingerprint density at radius 3 is 2.57 bits per heavy atom. The number of hydrogen-bond acceptors (Lipinski definition) is 4. The molecule has 134 valence electrons. The van der Waals surface area contributed by atoms with Gasteiger partial charge in [0.1, 0.15) is 5.60 Å². The van der Waals surface area contributed by atoms with Gasteiger partial charge in [0.2, 0.25) is 0 Å². The van der Waals surface area contributed by atoms with Crippen LogP contribution in [0.25, 0.3) is 0 Å². The van der Waals surface area contributed by atoms with Gasteiger partial charge in [-0.3, -0.25) is 0 Å². The van der Waals surface area contributed by atoms with Crippen LogP contribution in [0.4, 0.5) is 4.79 Å². The van der Waals surface area contributed by atoms with E-state index in [1.54, 1.807) is 0 Å². The van der Waals surface area contributed by atoms with Crippen LogP contribution >= 0.6 is 0 Å². The minimum atomic E-state index is -0.436. The third kappa shape index (κ3) is 6.30. The highest BCUT2D eigenvalue weighted by molar-refractivity contribution is 5.67. The topological polar surface area (TPSA) is 59.6 Å². The molecule has 2 aliphatic rings. The maximum atomic E-state index is 11.8. The van der Waals surface area contributed by atoms with Crippen molar-refractivity contribution in [3.05, 3.63) is 0 Å². The Bertz CT molecular complexity index is 375. The van der Waals surface area contributed by atoms with Crippen LogP contribution in [-0.2, 0) is 9.47 Å². The van der Waals surface area contributed by atoms with Crippen LogP contribution < -0.4 is 10.6 Å². The lowest BCUT2D eigenvalue weighted by Crippen LogP contribution is -2.47. The van der Waals surface area contributed by atoms with Gasteiger partial charge in [-0.2, -0.15) is 0 Å². The van der Waals surface area contributed by atoms with Gasteiger partial charge in [0.15, 0.2) is 0 Å². The third-order valence-electron chi connectivity index (χ3n) is 5.02. The third-order valence-corrected chi connectivity index (χ3v) is 5.02. The summed E-state index contributed by atoms with van der Waals surface area (Å²) in [6.07, 6.45) is 5.62. The van der Waals surface area contributed by atoms with Crippen molar-refractivity contribution in [3.63, 3.8) is 0 Å². The zero-order valence-electron chi connectivity index (χ0n) is 15.2. The molecule has 0 unspecified atom stereocenters. The van der Waals surface area contributed by atoms with E-state index in [1.807, 2.05) is 20.8 Å². The number of hydrogen-bond donors (Lipinski definition) is 2. The molecule has 1 amide bonds. The lowest BCUT2D eigenvalue weighted by atomic mass is 9.91. The summed E-state index contributed by atoms with van der Waals surface area (Å²) in [5.74, 6) is 1.22. The Morgan fingerprint density at radius 2 is 1.91 bits per heavy atom. The molecule has 0 aromatic rings. The second-order valence-electron chi connectivity index (χ2n) is 8.09. The van der Waals surface area contributed by atoms with Crippen molar-refractivity contribution >= 4 is 6.09 Å². The van der Waals surface area contributed by atoms with E-state index in [4.69, 9.17) is 9.47 Å². The summed E-state index contributed by atoms with van der Waals surface area (Å²) in [5.41, 5.74) is -0.436. The van der Waals surface area contributed by atoms with Gasteiger partial charge in [0.05, 0.1) is 0 Å². The van der Waals surface area contributed by atoms with Gasteiger partial charge in [-0.05, 0) is 65.2 Å². The van der Waals surface area contributed by atoms with Crippen molar-refractivity contribution in [1.29, 1.82) is 0 Å². The molecule has 1 aliphatic heterocycles. The number of nitrogens with one attached hydrogen (secondary N) is 2. The fourth-order valence-electron chi connectivity index (χ4n) is 3.72. The van der Waals surface area contributed by atoms with Gasteiger partial charge < -0.3 is 20.1 Å². The molecule has 2 N–H and O–H groups in total. The fourth-order valence-corrected chi connectivity index (χ4v) is 3.72. The summed E-state index contributed by atoms with van der Waals surface area (Å²) in [4.78, 5) is 11.8. The van der Waals surface area contributed by atoms with Crippen LogP contribution in [0, 0.1) is 11.8 Å². The van der Waals surface area contributed by atoms with Crippen LogP contribution in [0.1, 0.15) is 59.8 Å². The summed E-state index contributed by atoms with van der Waals surface area (Å²) < 4.78 is 10.8. The second-order valence-corrected chi connectivity index (χ2v) is 8.09. The molecular formula is C18H34N2O3.